The molecule has 0 aliphatic carbocycles. The lowest BCUT2D eigenvalue weighted by atomic mass is 10.2. The van der Waals surface area contributed by atoms with Crippen LogP contribution in [0.2, 0.25) is 0 Å². The second kappa shape index (κ2) is 10.8. The zero-order chi connectivity index (χ0) is 22.1. The number of amides is 2. The van der Waals surface area contributed by atoms with Gasteiger partial charge in [0.05, 0.1) is 13.2 Å². The molecule has 0 heterocycles. The van der Waals surface area contributed by atoms with Crippen LogP contribution in [0.3, 0.4) is 0 Å². The molecule has 0 N–H and O–H groups in total. The molecule has 6 heteroatoms. The fourth-order valence-corrected chi connectivity index (χ4v) is 2.63. The molecule has 0 aliphatic rings. The van der Waals surface area contributed by atoms with Crippen LogP contribution in [-0.2, 0) is 6.54 Å². The van der Waals surface area contributed by atoms with Crippen LogP contribution in [0.5, 0.6) is 17.2 Å². The Balaban J connectivity index is 1.74. The van der Waals surface area contributed by atoms with Crippen molar-refractivity contribution in [2.24, 2.45) is 5.92 Å². The van der Waals surface area contributed by atoms with Crippen LogP contribution >= 0.6 is 0 Å². The Labute approximate surface area is 182 Å². The summed E-state index contributed by atoms with van der Waals surface area (Å²) in [4.78, 5) is 26.5. The van der Waals surface area contributed by atoms with Gasteiger partial charge in [-0.2, -0.15) is 0 Å². The van der Waals surface area contributed by atoms with E-state index in [-0.39, 0.29) is 6.54 Å². The molecule has 3 rings (SSSR count). The summed E-state index contributed by atoms with van der Waals surface area (Å²) in [6.45, 7) is 4.74. The Morgan fingerprint density at radius 3 is 1.65 bits per heavy atom. The van der Waals surface area contributed by atoms with Crippen molar-refractivity contribution < 1.29 is 23.8 Å². The van der Waals surface area contributed by atoms with E-state index in [0.717, 1.165) is 16.2 Å². The van der Waals surface area contributed by atoms with Crippen molar-refractivity contribution >= 4 is 12.2 Å². The summed E-state index contributed by atoms with van der Waals surface area (Å²) in [5.74, 6) is 1.81. The van der Waals surface area contributed by atoms with Gasteiger partial charge in [0.1, 0.15) is 17.2 Å². The summed E-state index contributed by atoms with van der Waals surface area (Å²) in [5.41, 5.74) is 0.729. The van der Waals surface area contributed by atoms with E-state index in [1.807, 2.05) is 12.1 Å². The number of imide groups is 1. The lowest BCUT2D eigenvalue weighted by molar-refractivity contribution is 0.129. The second-order valence-electron chi connectivity index (χ2n) is 7.30. The van der Waals surface area contributed by atoms with E-state index < -0.39 is 12.2 Å². The summed E-state index contributed by atoms with van der Waals surface area (Å²) in [6, 6.07) is 24.3. The van der Waals surface area contributed by atoms with E-state index in [1.54, 1.807) is 72.8 Å². The second-order valence-corrected chi connectivity index (χ2v) is 7.30. The average Bonchev–Trinajstić information content (AvgIpc) is 2.78. The van der Waals surface area contributed by atoms with Crippen molar-refractivity contribution in [2.75, 3.05) is 6.61 Å². The fraction of sp³-hybridized carbons (Fsp3) is 0.200. The summed E-state index contributed by atoms with van der Waals surface area (Å²) in [6.07, 6.45) is -1.65. The normalized spacial score (nSPS) is 10.4. The third kappa shape index (κ3) is 6.89. The largest absolute Gasteiger partial charge is 0.493 e. The van der Waals surface area contributed by atoms with Gasteiger partial charge in [0.15, 0.2) is 0 Å². The van der Waals surface area contributed by atoms with Gasteiger partial charge in [-0.05, 0) is 47.9 Å². The Kier molecular flexibility index (Phi) is 7.65. The standard InChI is InChI=1S/C25H25NO5/c1-19(2)18-29-21-15-13-20(14-16-21)17-26(24(27)30-22-9-5-3-6-10-22)25(28)31-23-11-7-4-8-12-23/h3-16,19H,17-18H2,1-2H3. The number of nitrogens with zero attached hydrogens (tertiary/aromatic N) is 1. The third-order valence-corrected chi connectivity index (χ3v) is 4.18. The van der Waals surface area contributed by atoms with Gasteiger partial charge >= 0.3 is 12.2 Å². The molecule has 0 bridgehead atoms. The van der Waals surface area contributed by atoms with Crippen molar-refractivity contribution in [3.63, 3.8) is 0 Å². The lowest BCUT2D eigenvalue weighted by Crippen LogP contribution is -2.40. The summed E-state index contributed by atoms with van der Waals surface area (Å²) >= 11 is 0. The minimum absolute atomic E-state index is 0.0121. The molecule has 0 saturated carbocycles. The maximum Gasteiger partial charge on any atom is 0.425 e. The highest BCUT2D eigenvalue weighted by Gasteiger charge is 2.26. The average molecular weight is 419 g/mol. The zero-order valence-electron chi connectivity index (χ0n) is 17.6. The van der Waals surface area contributed by atoms with Gasteiger partial charge in [0.2, 0.25) is 0 Å². The number of rotatable bonds is 7. The number of hydrogen-bond acceptors (Lipinski definition) is 5. The number of benzene rings is 3. The summed E-state index contributed by atoms with van der Waals surface area (Å²) in [7, 11) is 0. The first kappa shape index (κ1) is 21.9. The van der Waals surface area contributed by atoms with Gasteiger partial charge in [-0.25, -0.2) is 14.5 Å². The van der Waals surface area contributed by atoms with E-state index in [9.17, 15) is 9.59 Å². The van der Waals surface area contributed by atoms with E-state index >= 15 is 0 Å². The SMILES string of the molecule is CC(C)COc1ccc(CN(C(=O)Oc2ccccc2)C(=O)Oc2ccccc2)cc1. The highest BCUT2D eigenvalue weighted by molar-refractivity contribution is 5.89. The minimum atomic E-state index is -0.827. The molecule has 0 aromatic heterocycles. The smallest absolute Gasteiger partial charge is 0.425 e. The van der Waals surface area contributed by atoms with Crippen LogP contribution in [0.1, 0.15) is 19.4 Å². The summed E-state index contributed by atoms with van der Waals surface area (Å²) in [5, 5.41) is 0. The first-order chi connectivity index (χ1) is 15.0. The number of hydrogen-bond donors (Lipinski definition) is 0. The monoisotopic (exact) mass is 419 g/mol. The van der Waals surface area contributed by atoms with Gasteiger partial charge < -0.3 is 14.2 Å². The number of para-hydroxylation sites is 2. The molecule has 31 heavy (non-hydrogen) atoms. The molecular weight excluding hydrogens is 394 g/mol. The Bertz CT molecular complexity index is 918. The van der Waals surface area contributed by atoms with E-state index in [0.29, 0.717) is 24.0 Å². The molecule has 0 fully saturated rings. The van der Waals surface area contributed by atoms with Crippen molar-refractivity contribution in [3.8, 4) is 17.2 Å². The Morgan fingerprint density at radius 2 is 1.19 bits per heavy atom. The molecule has 0 atom stereocenters. The van der Waals surface area contributed by atoms with Crippen molar-refractivity contribution in [3.05, 3.63) is 90.5 Å². The molecule has 0 radical (unpaired) electrons. The Hall–Kier alpha value is -3.80. The molecule has 0 spiro atoms. The molecule has 3 aromatic carbocycles. The van der Waals surface area contributed by atoms with Gasteiger partial charge in [-0.3, -0.25) is 0 Å². The highest BCUT2D eigenvalue weighted by Crippen LogP contribution is 2.18. The lowest BCUT2D eigenvalue weighted by Gasteiger charge is -2.20. The van der Waals surface area contributed by atoms with Gasteiger partial charge in [-0.1, -0.05) is 62.4 Å². The fourth-order valence-electron chi connectivity index (χ4n) is 2.63. The zero-order valence-corrected chi connectivity index (χ0v) is 17.6. The van der Waals surface area contributed by atoms with Gasteiger partial charge in [0.25, 0.3) is 0 Å². The van der Waals surface area contributed by atoms with Crippen molar-refractivity contribution in [1.29, 1.82) is 0 Å². The first-order valence-electron chi connectivity index (χ1n) is 10.0. The van der Waals surface area contributed by atoms with Crippen LogP contribution in [0.4, 0.5) is 9.59 Å². The quantitative estimate of drug-likeness (QED) is 0.475. The van der Waals surface area contributed by atoms with Crippen molar-refractivity contribution in [2.45, 2.75) is 20.4 Å². The number of carbonyl (C=O) groups is 2. The Morgan fingerprint density at radius 1 is 0.710 bits per heavy atom. The number of ether oxygens (including phenoxy) is 3. The van der Waals surface area contributed by atoms with Crippen LogP contribution in [0.25, 0.3) is 0 Å². The third-order valence-electron chi connectivity index (χ3n) is 4.18. The predicted octanol–water partition coefficient (Wildman–Crippen LogP) is 5.92. The highest BCUT2D eigenvalue weighted by atomic mass is 16.6. The first-order valence-corrected chi connectivity index (χ1v) is 10.0. The predicted molar refractivity (Wildman–Crippen MR) is 117 cm³/mol. The van der Waals surface area contributed by atoms with E-state index in [2.05, 4.69) is 13.8 Å². The van der Waals surface area contributed by atoms with Gasteiger partial charge in [-0.15, -0.1) is 0 Å². The molecule has 3 aromatic rings. The number of carbonyl (C=O) groups excluding carboxylic acids is 2. The molecular formula is C25H25NO5. The summed E-state index contributed by atoms with van der Waals surface area (Å²) < 4.78 is 16.4. The van der Waals surface area contributed by atoms with Crippen LogP contribution < -0.4 is 14.2 Å². The maximum absolute atomic E-state index is 12.8. The van der Waals surface area contributed by atoms with Gasteiger partial charge in [0, 0.05) is 0 Å². The molecule has 6 nitrogen and oxygen atoms in total. The molecule has 0 saturated heterocycles. The topological polar surface area (TPSA) is 65.1 Å². The molecule has 2 amide bonds. The van der Waals surface area contributed by atoms with Crippen LogP contribution in [0, 0.1) is 5.92 Å². The van der Waals surface area contributed by atoms with Crippen LogP contribution in [-0.4, -0.2) is 23.7 Å². The van der Waals surface area contributed by atoms with Crippen LogP contribution in [0.15, 0.2) is 84.9 Å². The maximum atomic E-state index is 12.8. The molecule has 0 aliphatic heterocycles. The molecule has 0 unspecified atom stereocenters. The van der Waals surface area contributed by atoms with E-state index in [1.165, 1.54) is 0 Å². The molecule has 160 valence electrons. The van der Waals surface area contributed by atoms with Crippen molar-refractivity contribution in [1.82, 2.24) is 4.90 Å². The minimum Gasteiger partial charge on any atom is -0.493 e. The van der Waals surface area contributed by atoms with E-state index in [4.69, 9.17) is 14.2 Å².